The molecular weight excluding hydrogens is 394 g/mol. The normalized spacial score (nSPS) is 12.4. The van der Waals surface area contributed by atoms with E-state index in [4.69, 9.17) is 11.1 Å². The SMILES string of the molecule is CCCCS(=O)(=O)N[C@H](CO)C(=O)NCC(=O)NCc1ccc(C(=N)N)s1. The Balaban J connectivity index is 2.43. The lowest BCUT2D eigenvalue weighted by molar-refractivity contribution is -0.127. The van der Waals surface area contributed by atoms with Crippen molar-refractivity contribution < 1.29 is 23.1 Å². The number of nitrogen functional groups attached to an aromatic ring is 1. The third kappa shape index (κ3) is 8.47. The highest BCUT2D eigenvalue weighted by Gasteiger charge is 2.23. The number of rotatable bonds is 12. The number of aliphatic hydroxyl groups is 1. The maximum Gasteiger partial charge on any atom is 0.240 e. The number of amidine groups is 1. The number of nitrogens with two attached hydrogens (primary N) is 1. The molecule has 12 heteroatoms. The summed E-state index contributed by atoms with van der Waals surface area (Å²) in [6, 6.07) is 2.05. The lowest BCUT2D eigenvalue weighted by Crippen LogP contribution is -2.51. The van der Waals surface area contributed by atoms with Gasteiger partial charge in [-0.1, -0.05) is 13.3 Å². The number of unbranched alkanes of at least 4 members (excludes halogenated alkanes) is 1. The van der Waals surface area contributed by atoms with Crippen LogP contribution in [0.5, 0.6) is 0 Å². The topological polar surface area (TPSA) is 174 Å². The van der Waals surface area contributed by atoms with Gasteiger partial charge >= 0.3 is 0 Å². The Morgan fingerprint density at radius 3 is 2.59 bits per heavy atom. The molecule has 0 saturated carbocycles. The van der Waals surface area contributed by atoms with Crippen LogP contribution in [-0.4, -0.2) is 56.1 Å². The molecule has 1 atom stereocenters. The summed E-state index contributed by atoms with van der Waals surface area (Å²) < 4.78 is 25.7. The zero-order valence-electron chi connectivity index (χ0n) is 14.9. The minimum absolute atomic E-state index is 0.0544. The molecule has 0 aliphatic rings. The van der Waals surface area contributed by atoms with Crippen molar-refractivity contribution >= 4 is 39.0 Å². The zero-order valence-corrected chi connectivity index (χ0v) is 16.6. The molecule has 0 saturated heterocycles. The van der Waals surface area contributed by atoms with Gasteiger partial charge in [0.2, 0.25) is 21.8 Å². The Morgan fingerprint density at radius 1 is 1.33 bits per heavy atom. The van der Waals surface area contributed by atoms with Gasteiger partial charge in [-0.25, -0.2) is 13.1 Å². The molecule has 10 nitrogen and oxygen atoms in total. The van der Waals surface area contributed by atoms with Crippen molar-refractivity contribution in [1.82, 2.24) is 15.4 Å². The average Bonchev–Trinajstić information content (AvgIpc) is 3.10. The van der Waals surface area contributed by atoms with Gasteiger partial charge in [0.05, 0.1) is 30.3 Å². The van der Waals surface area contributed by atoms with Gasteiger partial charge in [-0.3, -0.25) is 15.0 Å². The van der Waals surface area contributed by atoms with E-state index in [2.05, 4.69) is 15.4 Å². The smallest absolute Gasteiger partial charge is 0.240 e. The van der Waals surface area contributed by atoms with Crippen molar-refractivity contribution in [2.75, 3.05) is 18.9 Å². The number of carbonyl (C=O) groups is 2. The number of nitrogens with one attached hydrogen (secondary N) is 4. The van der Waals surface area contributed by atoms with E-state index in [1.165, 1.54) is 11.3 Å². The molecule has 0 fully saturated rings. The molecule has 1 aromatic heterocycles. The third-order valence-corrected chi connectivity index (χ3v) is 5.99. The van der Waals surface area contributed by atoms with E-state index in [0.717, 1.165) is 4.88 Å². The summed E-state index contributed by atoms with van der Waals surface area (Å²) in [6.45, 7) is 0.958. The molecule has 0 radical (unpaired) electrons. The molecule has 0 aromatic carbocycles. The van der Waals surface area contributed by atoms with Crippen molar-refractivity contribution in [3.63, 3.8) is 0 Å². The number of sulfonamides is 1. The van der Waals surface area contributed by atoms with Crippen molar-refractivity contribution in [1.29, 1.82) is 5.41 Å². The largest absolute Gasteiger partial charge is 0.394 e. The molecule has 0 aliphatic heterocycles. The first-order chi connectivity index (χ1) is 12.7. The monoisotopic (exact) mass is 419 g/mol. The second-order valence-electron chi connectivity index (χ2n) is 5.70. The predicted octanol–water partition coefficient (Wildman–Crippen LogP) is -1.16. The Labute approximate surface area is 162 Å². The molecule has 0 bridgehead atoms. The Bertz CT molecular complexity index is 762. The lowest BCUT2D eigenvalue weighted by Gasteiger charge is -2.16. The van der Waals surface area contributed by atoms with Gasteiger partial charge in [0.1, 0.15) is 11.9 Å². The molecule has 2 amide bonds. The van der Waals surface area contributed by atoms with E-state index in [9.17, 15) is 23.1 Å². The highest BCUT2D eigenvalue weighted by molar-refractivity contribution is 7.89. The van der Waals surface area contributed by atoms with E-state index < -0.39 is 34.5 Å². The average molecular weight is 420 g/mol. The minimum atomic E-state index is -3.69. The van der Waals surface area contributed by atoms with Crippen LogP contribution in [0.15, 0.2) is 12.1 Å². The maximum atomic E-state index is 12.0. The first kappa shape index (κ1) is 23.0. The highest BCUT2D eigenvalue weighted by Crippen LogP contribution is 2.15. The van der Waals surface area contributed by atoms with Crippen LogP contribution in [0, 0.1) is 5.41 Å². The van der Waals surface area contributed by atoms with Crippen LogP contribution in [0.25, 0.3) is 0 Å². The van der Waals surface area contributed by atoms with E-state index in [0.29, 0.717) is 17.7 Å². The van der Waals surface area contributed by atoms with E-state index >= 15 is 0 Å². The van der Waals surface area contributed by atoms with Gasteiger partial charge in [-0.2, -0.15) is 0 Å². The summed E-state index contributed by atoms with van der Waals surface area (Å²) in [5, 5.41) is 21.4. The van der Waals surface area contributed by atoms with Gasteiger partial charge in [-0.15, -0.1) is 11.3 Å². The molecule has 0 aliphatic carbocycles. The van der Waals surface area contributed by atoms with Gasteiger partial charge in [0.15, 0.2) is 0 Å². The Morgan fingerprint density at radius 2 is 2.04 bits per heavy atom. The predicted molar refractivity (Wildman–Crippen MR) is 103 cm³/mol. The molecule has 1 heterocycles. The van der Waals surface area contributed by atoms with Crippen LogP contribution >= 0.6 is 11.3 Å². The number of aliphatic hydroxyl groups excluding tert-OH is 1. The van der Waals surface area contributed by atoms with Crippen molar-refractivity contribution in [3.8, 4) is 0 Å². The van der Waals surface area contributed by atoms with Crippen LogP contribution in [0.2, 0.25) is 0 Å². The third-order valence-electron chi connectivity index (χ3n) is 3.40. The van der Waals surface area contributed by atoms with E-state index in [-0.39, 0.29) is 24.7 Å². The highest BCUT2D eigenvalue weighted by atomic mass is 32.2. The van der Waals surface area contributed by atoms with E-state index in [1.54, 1.807) is 12.1 Å². The molecule has 152 valence electrons. The molecule has 27 heavy (non-hydrogen) atoms. The van der Waals surface area contributed by atoms with Crippen molar-refractivity contribution in [3.05, 3.63) is 21.9 Å². The zero-order chi connectivity index (χ0) is 20.4. The molecule has 0 unspecified atom stereocenters. The summed E-state index contributed by atoms with van der Waals surface area (Å²) >= 11 is 1.27. The van der Waals surface area contributed by atoms with Gasteiger partial charge in [0.25, 0.3) is 0 Å². The number of hydrogen-bond donors (Lipinski definition) is 6. The standard InChI is InChI=1S/C15H25N5O5S2/c1-2-3-6-27(24,25)20-11(9-21)15(23)19-8-13(22)18-7-10-4-5-12(26-10)14(16)17/h4-5,11,20-21H,2-3,6-9H2,1H3,(H3,16,17)(H,18,22)(H,19,23)/t11-/m1/s1. The van der Waals surface area contributed by atoms with Crippen LogP contribution < -0.4 is 21.1 Å². The van der Waals surface area contributed by atoms with Crippen LogP contribution in [0.1, 0.15) is 29.5 Å². The fraction of sp³-hybridized carbons (Fsp3) is 0.533. The second-order valence-corrected chi connectivity index (χ2v) is 8.74. The quantitative estimate of drug-likeness (QED) is 0.184. The fourth-order valence-electron chi connectivity index (χ4n) is 1.94. The summed E-state index contributed by atoms with van der Waals surface area (Å²) in [5.74, 6) is -1.47. The Kier molecular flexibility index (Phi) is 9.35. The summed E-state index contributed by atoms with van der Waals surface area (Å²) in [5.41, 5.74) is 5.37. The second kappa shape index (κ2) is 11.0. The molecule has 1 rings (SSSR count). The van der Waals surface area contributed by atoms with E-state index in [1.807, 2.05) is 6.92 Å². The molecule has 0 spiro atoms. The van der Waals surface area contributed by atoms with Gasteiger partial charge in [-0.05, 0) is 18.6 Å². The number of hydrogen-bond acceptors (Lipinski definition) is 7. The molecule has 1 aromatic rings. The Hall–Kier alpha value is -2.02. The summed E-state index contributed by atoms with van der Waals surface area (Å²) in [6.07, 6.45) is 1.11. The molecule has 7 N–H and O–H groups in total. The number of carbonyl (C=O) groups excluding carboxylic acids is 2. The van der Waals surface area contributed by atoms with Crippen molar-refractivity contribution in [2.24, 2.45) is 5.73 Å². The fourth-order valence-corrected chi connectivity index (χ4v) is 4.15. The van der Waals surface area contributed by atoms with Crippen LogP contribution in [0.4, 0.5) is 0 Å². The van der Waals surface area contributed by atoms with Crippen molar-refractivity contribution in [2.45, 2.75) is 32.4 Å². The minimum Gasteiger partial charge on any atom is -0.394 e. The maximum absolute atomic E-state index is 12.0. The lowest BCUT2D eigenvalue weighted by atomic mass is 10.3. The first-order valence-corrected chi connectivity index (χ1v) is 10.7. The summed E-state index contributed by atoms with van der Waals surface area (Å²) in [4.78, 5) is 25.2. The van der Waals surface area contributed by atoms with Gasteiger partial charge < -0.3 is 21.5 Å². The van der Waals surface area contributed by atoms with Gasteiger partial charge in [0, 0.05) is 4.88 Å². The van der Waals surface area contributed by atoms with Crippen LogP contribution in [0.3, 0.4) is 0 Å². The summed E-state index contributed by atoms with van der Waals surface area (Å²) in [7, 11) is -3.69. The molecular formula is C15H25N5O5S2. The number of amides is 2. The van der Waals surface area contributed by atoms with Crippen LogP contribution in [-0.2, 0) is 26.2 Å². The first-order valence-electron chi connectivity index (χ1n) is 8.27. The number of thiophene rings is 1.